The van der Waals surface area contributed by atoms with Crippen molar-refractivity contribution in [2.24, 2.45) is 11.3 Å². The van der Waals surface area contributed by atoms with E-state index in [0.717, 1.165) is 32.4 Å². The van der Waals surface area contributed by atoms with Crippen LogP contribution in [0.15, 0.2) is 12.1 Å². The smallest absolute Gasteiger partial charge is 0.259 e. The fourth-order valence-corrected chi connectivity index (χ4v) is 4.63. The zero-order chi connectivity index (χ0) is 21.3. The SMILES string of the molecule is COc1cc2c(cc1OCC(=O)N(C)C)CCN1C[C@@H](CC(C)(C)C)[C@H](O)C[C@H]21. The van der Waals surface area contributed by atoms with Crippen molar-refractivity contribution < 1.29 is 19.4 Å². The van der Waals surface area contributed by atoms with Crippen LogP contribution in [0.3, 0.4) is 0 Å². The number of benzene rings is 1. The molecule has 0 aromatic heterocycles. The van der Waals surface area contributed by atoms with E-state index in [-0.39, 0.29) is 30.1 Å². The van der Waals surface area contributed by atoms with Gasteiger partial charge in [-0.3, -0.25) is 9.69 Å². The number of hydrogen-bond acceptors (Lipinski definition) is 5. The Bertz CT molecular complexity index is 741. The second kappa shape index (κ2) is 8.52. The summed E-state index contributed by atoms with van der Waals surface area (Å²) in [6, 6.07) is 4.26. The number of amides is 1. The molecule has 1 aromatic rings. The van der Waals surface area contributed by atoms with Gasteiger partial charge in [0.1, 0.15) is 0 Å². The zero-order valence-electron chi connectivity index (χ0n) is 18.7. The first-order chi connectivity index (χ1) is 13.6. The molecule has 0 unspecified atom stereocenters. The van der Waals surface area contributed by atoms with Gasteiger partial charge in [-0.25, -0.2) is 0 Å². The van der Waals surface area contributed by atoms with Gasteiger partial charge in [0.25, 0.3) is 5.91 Å². The minimum atomic E-state index is -0.291. The van der Waals surface area contributed by atoms with Gasteiger partial charge in [-0.2, -0.15) is 0 Å². The summed E-state index contributed by atoms with van der Waals surface area (Å²) in [5.74, 6) is 1.48. The third-order valence-electron chi connectivity index (χ3n) is 6.10. The fourth-order valence-electron chi connectivity index (χ4n) is 4.63. The summed E-state index contributed by atoms with van der Waals surface area (Å²) in [5.41, 5.74) is 2.65. The molecule has 2 aliphatic heterocycles. The van der Waals surface area contributed by atoms with E-state index in [0.29, 0.717) is 17.4 Å². The predicted octanol–water partition coefficient (Wildman–Crippen LogP) is 2.88. The highest BCUT2D eigenvalue weighted by Crippen LogP contribution is 2.44. The van der Waals surface area contributed by atoms with E-state index in [2.05, 4.69) is 25.7 Å². The topological polar surface area (TPSA) is 62.2 Å². The van der Waals surface area contributed by atoms with E-state index in [4.69, 9.17) is 9.47 Å². The van der Waals surface area contributed by atoms with Crippen LogP contribution in [0, 0.1) is 11.3 Å². The van der Waals surface area contributed by atoms with Crippen LogP contribution in [0.2, 0.25) is 0 Å². The Hall–Kier alpha value is -1.79. The van der Waals surface area contributed by atoms with Gasteiger partial charge < -0.3 is 19.5 Å². The van der Waals surface area contributed by atoms with Crippen molar-refractivity contribution in [2.45, 2.75) is 52.2 Å². The van der Waals surface area contributed by atoms with Crippen molar-refractivity contribution in [3.63, 3.8) is 0 Å². The third-order valence-corrected chi connectivity index (χ3v) is 6.10. The van der Waals surface area contributed by atoms with E-state index in [1.807, 2.05) is 12.1 Å². The molecule has 0 aliphatic carbocycles. The highest BCUT2D eigenvalue weighted by atomic mass is 16.5. The van der Waals surface area contributed by atoms with Crippen molar-refractivity contribution >= 4 is 5.91 Å². The van der Waals surface area contributed by atoms with Crippen molar-refractivity contribution in [1.82, 2.24) is 9.80 Å². The largest absolute Gasteiger partial charge is 0.493 e. The molecule has 0 bridgehead atoms. The van der Waals surface area contributed by atoms with Crippen LogP contribution in [-0.4, -0.2) is 67.8 Å². The third kappa shape index (κ3) is 5.04. The first kappa shape index (κ1) is 21.9. The molecule has 162 valence electrons. The maximum absolute atomic E-state index is 11.9. The quantitative estimate of drug-likeness (QED) is 0.818. The lowest BCUT2D eigenvalue weighted by molar-refractivity contribution is -0.130. The minimum absolute atomic E-state index is 0.00903. The van der Waals surface area contributed by atoms with Gasteiger partial charge in [-0.05, 0) is 53.9 Å². The van der Waals surface area contributed by atoms with Gasteiger partial charge in [0.05, 0.1) is 13.2 Å². The number of carbonyl (C=O) groups excluding carboxylic acids is 1. The number of rotatable bonds is 5. The molecule has 1 N–H and O–H groups in total. The number of nitrogens with zero attached hydrogens (tertiary/aromatic N) is 2. The number of aliphatic hydroxyl groups excluding tert-OH is 1. The van der Waals surface area contributed by atoms with Gasteiger partial charge in [-0.1, -0.05) is 20.8 Å². The van der Waals surface area contributed by atoms with Crippen LogP contribution >= 0.6 is 0 Å². The summed E-state index contributed by atoms with van der Waals surface area (Å²) in [4.78, 5) is 15.9. The number of aliphatic hydroxyl groups is 1. The van der Waals surface area contributed by atoms with Gasteiger partial charge in [-0.15, -0.1) is 0 Å². The van der Waals surface area contributed by atoms with Crippen molar-refractivity contribution in [3.8, 4) is 11.5 Å². The second-order valence-electron chi connectivity index (χ2n) is 9.87. The van der Waals surface area contributed by atoms with Crippen LogP contribution in [0.25, 0.3) is 0 Å². The first-order valence-electron chi connectivity index (χ1n) is 10.5. The molecule has 3 rings (SSSR count). The standard InChI is InChI=1S/C23H36N2O4/c1-23(2,3)12-16-13-25-8-7-15-9-21(29-14-22(27)24(4)5)20(28-6)10-17(15)18(25)11-19(16)26/h9-10,16,18-19,26H,7-8,11-14H2,1-6H3/t16-,18-,19-/m1/s1. The maximum Gasteiger partial charge on any atom is 0.259 e. The van der Waals surface area contributed by atoms with Crippen molar-refractivity contribution in [1.29, 1.82) is 0 Å². The van der Waals surface area contributed by atoms with E-state index in [9.17, 15) is 9.90 Å². The fraction of sp³-hybridized carbons (Fsp3) is 0.696. The van der Waals surface area contributed by atoms with Crippen molar-refractivity contribution in [3.05, 3.63) is 23.3 Å². The highest BCUT2D eigenvalue weighted by Gasteiger charge is 2.39. The molecule has 29 heavy (non-hydrogen) atoms. The summed E-state index contributed by atoms with van der Waals surface area (Å²) in [5, 5.41) is 10.9. The molecular weight excluding hydrogens is 368 g/mol. The molecule has 0 spiro atoms. The molecule has 1 amide bonds. The Morgan fingerprint density at radius 3 is 2.62 bits per heavy atom. The van der Waals surface area contributed by atoms with E-state index in [1.165, 1.54) is 16.0 Å². The van der Waals surface area contributed by atoms with Gasteiger partial charge in [0.15, 0.2) is 18.1 Å². The molecule has 1 fully saturated rings. The van der Waals surface area contributed by atoms with E-state index in [1.54, 1.807) is 21.2 Å². The van der Waals surface area contributed by atoms with Crippen LogP contribution in [-0.2, 0) is 11.2 Å². The number of fused-ring (bicyclic) bond motifs is 3. The normalized spacial score (nSPS) is 24.4. The lowest BCUT2D eigenvalue weighted by Crippen LogP contribution is -2.48. The molecule has 2 heterocycles. The number of likely N-dealkylation sites (N-methyl/N-ethyl adjacent to an activating group) is 1. The molecule has 6 nitrogen and oxygen atoms in total. The summed E-state index contributed by atoms with van der Waals surface area (Å²) in [6.45, 7) is 8.62. The maximum atomic E-state index is 11.9. The highest BCUT2D eigenvalue weighted by molar-refractivity contribution is 5.77. The zero-order valence-corrected chi connectivity index (χ0v) is 18.7. The summed E-state index contributed by atoms with van der Waals surface area (Å²) >= 11 is 0. The number of ether oxygens (including phenoxy) is 2. The Kier molecular flexibility index (Phi) is 6.44. The van der Waals surface area contributed by atoms with Crippen LogP contribution < -0.4 is 9.47 Å². The summed E-state index contributed by atoms with van der Waals surface area (Å²) < 4.78 is 11.3. The average Bonchev–Trinajstić information content (AvgIpc) is 2.64. The number of carbonyl (C=O) groups is 1. The molecule has 1 saturated heterocycles. The number of hydrogen-bond donors (Lipinski definition) is 1. The Labute approximate surface area is 174 Å². The number of piperidine rings is 1. The first-order valence-corrected chi connectivity index (χ1v) is 10.5. The van der Waals surface area contributed by atoms with Gasteiger partial charge >= 0.3 is 0 Å². The Balaban J connectivity index is 1.80. The van der Waals surface area contributed by atoms with Crippen molar-refractivity contribution in [2.75, 3.05) is 40.9 Å². The minimum Gasteiger partial charge on any atom is -0.493 e. The second-order valence-corrected chi connectivity index (χ2v) is 9.87. The van der Waals surface area contributed by atoms with Crippen LogP contribution in [0.5, 0.6) is 11.5 Å². The Morgan fingerprint density at radius 1 is 1.28 bits per heavy atom. The molecule has 2 aliphatic rings. The predicted molar refractivity (Wildman–Crippen MR) is 113 cm³/mol. The molecule has 0 radical (unpaired) electrons. The van der Waals surface area contributed by atoms with Gasteiger partial charge in [0, 0.05) is 33.2 Å². The van der Waals surface area contributed by atoms with E-state index < -0.39 is 0 Å². The molecule has 1 aromatic carbocycles. The molecule has 3 atom stereocenters. The Morgan fingerprint density at radius 2 is 2.00 bits per heavy atom. The van der Waals surface area contributed by atoms with Crippen LogP contribution in [0.1, 0.15) is 50.8 Å². The molecule has 6 heteroatoms. The summed E-state index contributed by atoms with van der Waals surface area (Å²) in [6.07, 6.45) is 2.42. The van der Waals surface area contributed by atoms with E-state index >= 15 is 0 Å². The average molecular weight is 405 g/mol. The summed E-state index contributed by atoms with van der Waals surface area (Å²) in [7, 11) is 5.05. The number of methoxy groups -OCH3 is 1. The lowest BCUT2D eigenvalue weighted by Gasteiger charge is -2.47. The van der Waals surface area contributed by atoms with Crippen LogP contribution in [0.4, 0.5) is 0 Å². The van der Waals surface area contributed by atoms with Gasteiger partial charge in [0.2, 0.25) is 0 Å². The molecular formula is C23H36N2O4. The monoisotopic (exact) mass is 404 g/mol. The molecule has 0 saturated carbocycles. The lowest BCUT2D eigenvalue weighted by atomic mass is 9.75.